The molecule has 0 aromatic carbocycles. The number of alkyl halides is 2. The smallest absolute Gasteiger partial charge is 0.256 e. The highest BCUT2D eigenvalue weighted by Gasteiger charge is 2.32. The molecule has 0 aliphatic carbocycles. The maximum atomic E-state index is 12.0. The Morgan fingerprint density at radius 2 is 2.24 bits per heavy atom. The third-order valence-corrected chi connectivity index (χ3v) is 4.06. The van der Waals surface area contributed by atoms with E-state index in [0.29, 0.717) is 30.1 Å². The lowest BCUT2D eigenvalue weighted by Gasteiger charge is -2.25. The molecule has 0 saturated carbocycles. The molecule has 1 aliphatic rings. The number of amides is 1. The van der Waals surface area contributed by atoms with Crippen molar-refractivity contribution in [2.24, 2.45) is 0 Å². The minimum Gasteiger partial charge on any atom is -0.382 e. The fourth-order valence-electron chi connectivity index (χ4n) is 2.70. The topological polar surface area (TPSA) is 89.9 Å². The van der Waals surface area contributed by atoms with E-state index in [1.54, 1.807) is 11.2 Å². The summed E-state index contributed by atoms with van der Waals surface area (Å²) < 4.78 is 1.88. The molecule has 21 heavy (non-hydrogen) atoms. The Kier molecular flexibility index (Phi) is 3.86. The van der Waals surface area contributed by atoms with Gasteiger partial charge in [0.15, 0.2) is 16.3 Å². The van der Waals surface area contributed by atoms with Crippen LogP contribution in [-0.2, 0) is 11.3 Å². The zero-order chi connectivity index (χ0) is 15.0. The minimum atomic E-state index is -1.02. The minimum absolute atomic E-state index is 0.0334. The van der Waals surface area contributed by atoms with E-state index in [0.717, 1.165) is 12.8 Å². The number of nitrogen functional groups attached to an aromatic ring is 1. The molecular formula is C12H14Cl2N6O. The monoisotopic (exact) mass is 328 g/mol. The molecule has 0 radical (unpaired) electrons. The third kappa shape index (κ3) is 2.63. The Balaban J connectivity index is 1.85. The average molecular weight is 329 g/mol. The van der Waals surface area contributed by atoms with Gasteiger partial charge < -0.3 is 15.2 Å². The molecule has 7 nitrogen and oxygen atoms in total. The molecule has 3 heterocycles. The second-order valence-corrected chi connectivity index (χ2v) is 6.05. The van der Waals surface area contributed by atoms with E-state index >= 15 is 0 Å². The number of aromatic nitrogens is 4. The van der Waals surface area contributed by atoms with Crippen LogP contribution in [0.1, 0.15) is 12.8 Å². The van der Waals surface area contributed by atoms with Crippen LogP contribution in [0.3, 0.4) is 0 Å². The summed E-state index contributed by atoms with van der Waals surface area (Å²) in [5, 5.41) is 0. The number of hydrogen-bond acceptors (Lipinski definition) is 5. The molecule has 2 N–H and O–H groups in total. The van der Waals surface area contributed by atoms with Gasteiger partial charge >= 0.3 is 0 Å². The first kappa shape index (κ1) is 14.3. The van der Waals surface area contributed by atoms with Crippen molar-refractivity contribution in [3.05, 3.63) is 12.7 Å². The average Bonchev–Trinajstić information content (AvgIpc) is 3.07. The standard InChI is InChI=1S/C12H14Cl2N6O/c13-9(14)12(21)20-3-1-2-7(20)4-19-6-18-8-10(15)16-5-17-11(8)19/h5-7,9H,1-4H2,(H2,15,16,17)/t7-/m0/s1. The SMILES string of the molecule is Nc1ncnc2c1ncn2C[C@@H]1CCCN1C(=O)C(Cl)Cl. The first-order valence-corrected chi connectivity index (χ1v) is 7.45. The molecule has 0 bridgehead atoms. The Morgan fingerprint density at radius 1 is 1.43 bits per heavy atom. The van der Waals surface area contributed by atoms with E-state index in [9.17, 15) is 4.79 Å². The van der Waals surface area contributed by atoms with Gasteiger partial charge in [0.2, 0.25) is 0 Å². The number of hydrogen-bond donors (Lipinski definition) is 1. The Morgan fingerprint density at radius 3 is 3.00 bits per heavy atom. The number of nitrogens with zero attached hydrogens (tertiary/aromatic N) is 5. The second-order valence-electron chi connectivity index (χ2n) is 4.96. The molecular weight excluding hydrogens is 315 g/mol. The molecule has 1 amide bonds. The molecule has 112 valence electrons. The number of anilines is 1. The van der Waals surface area contributed by atoms with E-state index in [1.807, 2.05) is 4.57 Å². The van der Waals surface area contributed by atoms with Crippen molar-refractivity contribution < 1.29 is 4.79 Å². The number of carbonyl (C=O) groups excluding carboxylic acids is 1. The molecule has 1 saturated heterocycles. The van der Waals surface area contributed by atoms with Crippen molar-refractivity contribution in [3.8, 4) is 0 Å². The summed E-state index contributed by atoms with van der Waals surface area (Å²) in [7, 11) is 0. The summed E-state index contributed by atoms with van der Waals surface area (Å²) in [6, 6.07) is 0.0334. The Bertz CT molecular complexity index is 673. The van der Waals surface area contributed by atoms with E-state index in [-0.39, 0.29) is 11.9 Å². The number of likely N-dealkylation sites (tertiary alicyclic amines) is 1. The van der Waals surface area contributed by atoms with Crippen LogP contribution in [0.5, 0.6) is 0 Å². The molecule has 1 atom stereocenters. The first-order valence-electron chi connectivity index (χ1n) is 6.58. The molecule has 2 aromatic heterocycles. The number of rotatable bonds is 3. The van der Waals surface area contributed by atoms with Crippen LogP contribution in [0, 0.1) is 0 Å². The van der Waals surface area contributed by atoms with Gasteiger partial charge in [-0.15, -0.1) is 0 Å². The summed E-state index contributed by atoms with van der Waals surface area (Å²) in [6.45, 7) is 1.25. The van der Waals surface area contributed by atoms with Gasteiger partial charge in [-0.2, -0.15) is 0 Å². The van der Waals surface area contributed by atoms with Crippen LogP contribution in [0.25, 0.3) is 11.2 Å². The summed E-state index contributed by atoms with van der Waals surface area (Å²) in [5.74, 6) is 0.0964. The highest BCUT2D eigenvalue weighted by molar-refractivity contribution is 6.53. The number of halogens is 2. The predicted molar refractivity (Wildman–Crippen MR) is 80.0 cm³/mol. The normalized spacial score (nSPS) is 18.8. The lowest BCUT2D eigenvalue weighted by Crippen LogP contribution is -2.40. The van der Waals surface area contributed by atoms with Gasteiger partial charge in [0, 0.05) is 19.1 Å². The van der Waals surface area contributed by atoms with Crippen LogP contribution in [0.4, 0.5) is 5.82 Å². The zero-order valence-corrected chi connectivity index (χ0v) is 12.6. The van der Waals surface area contributed by atoms with Crippen molar-refractivity contribution in [1.82, 2.24) is 24.4 Å². The molecule has 0 unspecified atom stereocenters. The van der Waals surface area contributed by atoms with Gasteiger partial charge in [-0.3, -0.25) is 4.79 Å². The molecule has 2 aromatic rings. The fraction of sp³-hybridized carbons (Fsp3) is 0.500. The lowest BCUT2D eigenvalue weighted by atomic mass is 10.2. The molecule has 1 fully saturated rings. The maximum Gasteiger partial charge on any atom is 0.256 e. The molecule has 3 rings (SSSR count). The lowest BCUT2D eigenvalue weighted by molar-refractivity contribution is -0.130. The van der Waals surface area contributed by atoms with E-state index < -0.39 is 4.84 Å². The number of imidazole rings is 1. The predicted octanol–water partition coefficient (Wildman–Crippen LogP) is 1.20. The summed E-state index contributed by atoms with van der Waals surface area (Å²) in [5.41, 5.74) is 7.00. The Hall–Kier alpha value is -1.60. The zero-order valence-electron chi connectivity index (χ0n) is 11.1. The largest absolute Gasteiger partial charge is 0.382 e. The van der Waals surface area contributed by atoms with Crippen LogP contribution in [0.15, 0.2) is 12.7 Å². The van der Waals surface area contributed by atoms with Crippen LogP contribution < -0.4 is 5.73 Å². The van der Waals surface area contributed by atoms with E-state index in [1.165, 1.54) is 6.33 Å². The summed E-state index contributed by atoms with van der Waals surface area (Å²) >= 11 is 11.4. The van der Waals surface area contributed by atoms with Crippen molar-refractivity contribution in [2.45, 2.75) is 30.3 Å². The quantitative estimate of drug-likeness (QED) is 0.855. The van der Waals surface area contributed by atoms with Gasteiger partial charge in [0.25, 0.3) is 5.91 Å². The number of nitrogens with two attached hydrogens (primary N) is 1. The van der Waals surface area contributed by atoms with E-state index in [2.05, 4.69) is 15.0 Å². The van der Waals surface area contributed by atoms with Gasteiger partial charge in [-0.1, -0.05) is 23.2 Å². The van der Waals surface area contributed by atoms with Gasteiger partial charge in [0.05, 0.1) is 6.33 Å². The molecule has 9 heteroatoms. The summed E-state index contributed by atoms with van der Waals surface area (Å²) in [6.07, 6.45) is 4.89. The van der Waals surface area contributed by atoms with Crippen molar-refractivity contribution in [2.75, 3.05) is 12.3 Å². The van der Waals surface area contributed by atoms with Crippen molar-refractivity contribution in [1.29, 1.82) is 0 Å². The second kappa shape index (κ2) is 5.65. The van der Waals surface area contributed by atoms with Crippen LogP contribution >= 0.6 is 23.2 Å². The van der Waals surface area contributed by atoms with Gasteiger partial charge in [-0.05, 0) is 12.8 Å². The third-order valence-electron chi connectivity index (χ3n) is 3.68. The number of carbonyl (C=O) groups is 1. The molecule has 1 aliphatic heterocycles. The van der Waals surface area contributed by atoms with Gasteiger partial charge in [-0.25, -0.2) is 15.0 Å². The highest BCUT2D eigenvalue weighted by atomic mass is 35.5. The van der Waals surface area contributed by atoms with E-state index in [4.69, 9.17) is 28.9 Å². The molecule has 0 spiro atoms. The van der Waals surface area contributed by atoms with Gasteiger partial charge in [0.1, 0.15) is 11.8 Å². The highest BCUT2D eigenvalue weighted by Crippen LogP contribution is 2.23. The maximum absolute atomic E-state index is 12.0. The van der Waals surface area contributed by atoms with Crippen molar-refractivity contribution >= 4 is 46.1 Å². The Labute approximate surface area is 131 Å². The number of fused-ring (bicyclic) bond motifs is 1. The fourth-order valence-corrected chi connectivity index (χ4v) is 2.95. The van der Waals surface area contributed by atoms with Crippen LogP contribution in [0.2, 0.25) is 0 Å². The van der Waals surface area contributed by atoms with Crippen LogP contribution in [-0.4, -0.2) is 47.7 Å². The first-order chi connectivity index (χ1) is 10.1. The summed E-state index contributed by atoms with van der Waals surface area (Å²) in [4.78, 5) is 25.0. The van der Waals surface area contributed by atoms with Crippen molar-refractivity contribution in [3.63, 3.8) is 0 Å².